The van der Waals surface area contributed by atoms with Crippen molar-refractivity contribution in [2.75, 3.05) is 32.7 Å². The minimum absolute atomic E-state index is 0.310. The lowest BCUT2D eigenvalue weighted by atomic mass is 9.93. The third kappa shape index (κ3) is 5.32. The third-order valence-corrected chi connectivity index (χ3v) is 5.36. The highest BCUT2D eigenvalue weighted by atomic mass is 15.3. The fraction of sp³-hybridized carbons (Fsp3) is 0.842. The van der Waals surface area contributed by atoms with Gasteiger partial charge < -0.3 is 4.90 Å². The zero-order chi connectivity index (χ0) is 17.0. The summed E-state index contributed by atoms with van der Waals surface area (Å²) < 4.78 is 2.12. The second-order valence-electron chi connectivity index (χ2n) is 8.42. The van der Waals surface area contributed by atoms with E-state index in [4.69, 9.17) is 0 Å². The molecule has 1 saturated heterocycles. The van der Waals surface area contributed by atoms with Crippen molar-refractivity contribution in [1.82, 2.24) is 19.6 Å². The topological polar surface area (TPSA) is 24.3 Å². The zero-order valence-electron chi connectivity index (χ0n) is 16.0. The van der Waals surface area contributed by atoms with Crippen molar-refractivity contribution in [3.63, 3.8) is 0 Å². The first kappa shape index (κ1) is 18.5. The van der Waals surface area contributed by atoms with Crippen molar-refractivity contribution in [2.45, 2.75) is 66.0 Å². The van der Waals surface area contributed by atoms with Gasteiger partial charge in [0.05, 0.1) is 6.20 Å². The van der Waals surface area contributed by atoms with E-state index in [1.807, 2.05) is 6.20 Å². The van der Waals surface area contributed by atoms with Gasteiger partial charge in [0.2, 0.25) is 0 Å². The number of nitrogens with zero attached hydrogens (tertiary/aromatic N) is 4. The summed E-state index contributed by atoms with van der Waals surface area (Å²) in [5.41, 5.74) is 1.68. The molecule has 23 heavy (non-hydrogen) atoms. The molecule has 1 aliphatic heterocycles. The summed E-state index contributed by atoms with van der Waals surface area (Å²) in [6, 6.07) is 0. The van der Waals surface area contributed by atoms with E-state index in [1.54, 1.807) is 0 Å². The molecular formula is C19H36N4. The molecule has 0 N–H and O–H groups in total. The standard InChI is InChI=1S/C19H36N4/c1-16(2)17(3)18-14-20-23(15-18)9-7-8-21-10-12-22(13-11-21)19(4,5)6/h14-17H,7-13H2,1-6H3/t17-/m0/s1. The Bertz CT molecular complexity index is 464. The van der Waals surface area contributed by atoms with E-state index in [0.29, 0.717) is 17.4 Å². The lowest BCUT2D eigenvalue weighted by Gasteiger charge is -2.42. The summed E-state index contributed by atoms with van der Waals surface area (Å²) in [6.45, 7) is 20.8. The van der Waals surface area contributed by atoms with Gasteiger partial charge in [0.15, 0.2) is 0 Å². The van der Waals surface area contributed by atoms with Crippen molar-refractivity contribution in [1.29, 1.82) is 0 Å². The van der Waals surface area contributed by atoms with E-state index < -0.39 is 0 Å². The van der Waals surface area contributed by atoms with Crippen LogP contribution in [-0.4, -0.2) is 57.8 Å². The van der Waals surface area contributed by atoms with Crippen LogP contribution in [0, 0.1) is 5.92 Å². The Morgan fingerprint density at radius 1 is 1.04 bits per heavy atom. The minimum Gasteiger partial charge on any atom is -0.301 e. The molecule has 0 radical (unpaired) electrons. The van der Waals surface area contributed by atoms with Gasteiger partial charge in [-0.25, -0.2) is 0 Å². The fourth-order valence-corrected chi connectivity index (χ4v) is 3.22. The van der Waals surface area contributed by atoms with Gasteiger partial charge in [0.25, 0.3) is 0 Å². The predicted octanol–water partition coefficient (Wildman–Crippen LogP) is 3.45. The summed E-state index contributed by atoms with van der Waals surface area (Å²) >= 11 is 0. The van der Waals surface area contributed by atoms with E-state index >= 15 is 0 Å². The number of aromatic nitrogens is 2. The maximum absolute atomic E-state index is 4.54. The molecule has 0 aromatic carbocycles. The quantitative estimate of drug-likeness (QED) is 0.802. The first-order valence-corrected chi connectivity index (χ1v) is 9.27. The van der Waals surface area contributed by atoms with Crippen molar-refractivity contribution in [3.05, 3.63) is 18.0 Å². The van der Waals surface area contributed by atoms with E-state index in [2.05, 4.69) is 67.3 Å². The van der Waals surface area contributed by atoms with Gasteiger partial charge in [0, 0.05) is 44.5 Å². The Balaban J connectivity index is 1.70. The third-order valence-electron chi connectivity index (χ3n) is 5.36. The molecule has 0 spiro atoms. The maximum atomic E-state index is 4.54. The fourth-order valence-electron chi connectivity index (χ4n) is 3.22. The van der Waals surface area contributed by atoms with Crippen LogP contribution in [0.2, 0.25) is 0 Å². The molecule has 1 fully saturated rings. The molecule has 0 aliphatic carbocycles. The number of hydrogen-bond acceptors (Lipinski definition) is 3. The monoisotopic (exact) mass is 320 g/mol. The van der Waals surface area contributed by atoms with E-state index in [0.717, 1.165) is 6.54 Å². The van der Waals surface area contributed by atoms with Crippen molar-refractivity contribution in [2.24, 2.45) is 5.92 Å². The summed E-state index contributed by atoms with van der Waals surface area (Å²) in [5.74, 6) is 1.26. The van der Waals surface area contributed by atoms with Gasteiger partial charge in [-0.2, -0.15) is 5.10 Å². The van der Waals surface area contributed by atoms with Crippen LogP contribution in [0.1, 0.15) is 59.4 Å². The highest BCUT2D eigenvalue weighted by molar-refractivity contribution is 5.10. The Hall–Kier alpha value is -0.870. The second-order valence-corrected chi connectivity index (χ2v) is 8.42. The molecule has 0 amide bonds. The van der Waals surface area contributed by atoms with Crippen LogP contribution in [0.3, 0.4) is 0 Å². The number of hydrogen-bond donors (Lipinski definition) is 0. The maximum Gasteiger partial charge on any atom is 0.0524 e. The Kier molecular flexibility index (Phi) is 6.26. The lowest BCUT2D eigenvalue weighted by Crippen LogP contribution is -2.53. The van der Waals surface area contributed by atoms with Crippen molar-refractivity contribution in [3.8, 4) is 0 Å². The van der Waals surface area contributed by atoms with E-state index in [-0.39, 0.29) is 0 Å². The Morgan fingerprint density at radius 2 is 1.70 bits per heavy atom. The summed E-state index contributed by atoms with van der Waals surface area (Å²) in [7, 11) is 0. The molecule has 0 saturated carbocycles. The van der Waals surface area contributed by atoms with Crippen LogP contribution in [-0.2, 0) is 6.54 Å². The summed E-state index contributed by atoms with van der Waals surface area (Å²) in [6.07, 6.45) is 5.47. The second kappa shape index (κ2) is 7.80. The van der Waals surface area contributed by atoms with Gasteiger partial charge in [-0.05, 0) is 51.1 Å². The van der Waals surface area contributed by atoms with Gasteiger partial charge in [0.1, 0.15) is 0 Å². The molecule has 0 unspecified atom stereocenters. The minimum atomic E-state index is 0.310. The van der Waals surface area contributed by atoms with Crippen molar-refractivity contribution < 1.29 is 0 Å². The highest BCUT2D eigenvalue weighted by Gasteiger charge is 2.25. The molecule has 2 heterocycles. The number of piperazine rings is 1. The smallest absolute Gasteiger partial charge is 0.0524 e. The molecule has 1 aromatic heterocycles. The van der Waals surface area contributed by atoms with Gasteiger partial charge in [-0.1, -0.05) is 20.8 Å². The first-order valence-electron chi connectivity index (χ1n) is 9.27. The predicted molar refractivity (Wildman–Crippen MR) is 97.9 cm³/mol. The summed E-state index contributed by atoms with van der Waals surface area (Å²) in [5, 5.41) is 4.54. The average Bonchev–Trinajstić information content (AvgIpc) is 2.94. The molecule has 4 heteroatoms. The van der Waals surface area contributed by atoms with Crippen LogP contribution in [0.5, 0.6) is 0 Å². The average molecular weight is 321 g/mol. The SMILES string of the molecule is CC(C)[C@H](C)c1cnn(CCCN2CCN(C(C)(C)C)CC2)c1. The van der Waals surface area contributed by atoms with E-state index in [1.165, 1.54) is 44.7 Å². The van der Waals surface area contributed by atoms with E-state index in [9.17, 15) is 0 Å². The molecule has 0 bridgehead atoms. The lowest BCUT2D eigenvalue weighted by molar-refractivity contribution is 0.0613. The molecular weight excluding hydrogens is 284 g/mol. The van der Waals surface area contributed by atoms with Gasteiger partial charge in [-0.3, -0.25) is 9.58 Å². The molecule has 4 nitrogen and oxygen atoms in total. The Morgan fingerprint density at radius 3 is 2.26 bits per heavy atom. The van der Waals surface area contributed by atoms with Crippen LogP contribution in [0.4, 0.5) is 0 Å². The van der Waals surface area contributed by atoms with Gasteiger partial charge >= 0.3 is 0 Å². The first-order chi connectivity index (χ1) is 10.8. The van der Waals surface area contributed by atoms with Crippen LogP contribution < -0.4 is 0 Å². The highest BCUT2D eigenvalue weighted by Crippen LogP contribution is 2.22. The van der Waals surface area contributed by atoms with Crippen LogP contribution in [0.25, 0.3) is 0 Å². The van der Waals surface area contributed by atoms with Gasteiger partial charge in [-0.15, -0.1) is 0 Å². The normalized spacial score (nSPS) is 19.4. The van der Waals surface area contributed by atoms with Crippen molar-refractivity contribution >= 4 is 0 Å². The molecule has 1 aliphatic rings. The molecule has 1 atom stereocenters. The van der Waals surface area contributed by atoms with Crippen LogP contribution in [0.15, 0.2) is 12.4 Å². The molecule has 2 rings (SSSR count). The number of rotatable bonds is 6. The molecule has 1 aromatic rings. The zero-order valence-corrected chi connectivity index (χ0v) is 16.0. The largest absolute Gasteiger partial charge is 0.301 e. The molecule has 132 valence electrons. The number of aryl methyl sites for hydroxylation is 1. The van der Waals surface area contributed by atoms with Crippen LogP contribution >= 0.6 is 0 Å². The Labute approximate surface area is 142 Å². The summed E-state index contributed by atoms with van der Waals surface area (Å²) in [4.78, 5) is 5.19.